The highest BCUT2D eigenvalue weighted by Crippen LogP contribution is 2.62. The minimum Gasteiger partial charge on any atom is -0.379 e. The first-order valence-corrected chi connectivity index (χ1v) is 9.80. The predicted molar refractivity (Wildman–Crippen MR) is 94.3 cm³/mol. The zero-order valence-corrected chi connectivity index (χ0v) is 14.9. The fourth-order valence-electron chi connectivity index (χ4n) is 5.05. The second kappa shape index (κ2) is 7.18. The summed E-state index contributed by atoms with van der Waals surface area (Å²) in [7, 11) is 0. The maximum absolute atomic E-state index is 6.02. The Kier molecular flexibility index (Phi) is 4.97. The number of hydrogen-bond donors (Lipinski definition) is 2. The minimum absolute atomic E-state index is 0.404. The van der Waals surface area contributed by atoms with E-state index in [9.17, 15) is 0 Å². The molecule has 3 atom stereocenters. The molecule has 0 aromatic carbocycles. The number of rotatable bonds is 5. The number of aliphatic imine (C=N–C) groups is 1. The molecule has 1 spiro atoms. The van der Waals surface area contributed by atoms with Crippen LogP contribution in [0.5, 0.6) is 0 Å². The van der Waals surface area contributed by atoms with Gasteiger partial charge in [0.1, 0.15) is 0 Å². The first kappa shape index (κ1) is 16.6. The summed E-state index contributed by atoms with van der Waals surface area (Å²) < 4.78 is 11.4. The zero-order chi connectivity index (χ0) is 16.4. The monoisotopic (exact) mass is 336 g/mol. The molecule has 0 amide bonds. The van der Waals surface area contributed by atoms with Gasteiger partial charge in [-0.2, -0.15) is 0 Å². The lowest BCUT2D eigenvalue weighted by atomic mass is 9.46. The quantitative estimate of drug-likeness (QED) is 0.575. The average Bonchev–Trinajstić information content (AvgIpc) is 2.97. The van der Waals surface area contributed by atoms with Crippen LogP contribution < -0.4 is 10.6 Å². The molecule has 2 aliphatic heterocycles. The first-order valence-electron chi connectivity index (χ1n) is 9.80. The highest BCUT2D eigenvalue weighted by atomic mass is 16.5. The summed E-state index contributed by atoms with van der Waals surface area (Å²) in [6.45, 7) is 9.64. The Bertz CT molecular complexity index is 460. The van der Waals surface area contributed by atoms with E-state index in [1.165, 1.54) is 25.7 Å². The normalized spacial score (nSPS) is 35.2. The van der Waals surface area contributed by atoms with Crippen LogP contribution in [0.1, 0.15) is 32.6 Å². The summed E-state index contributed by atoms with van der Waals surface area (Å²) in [4.78, 5) is 7.28. The van der Waals surface area contributed by atoms with E-state index < -0.39 is 0 Å². The molecule has 136 valence electrons. The topological polar surface area (TPSA) is 58.1 Å². The smallest absolute Gasteiger partial charge is 0.191 e. The van der Waals surface area contributed by atoms with Gasteiger partial charge in [0.05, 0.1) is 25.9 Å². The summed E-state index contributed by atoms with van der Waals surface area (Å²) >= 11 is 0. The lowest BCUT2D eigenvalue weighted by Gasteiger charge is -2.63. The molecule has 2 aliphatic carbocycles. The van der Waals surface area contributed by atoms with Crippen LogP contribution in [0.2, 0.25) is 0 Å². The van der Waals surface area contributed by atoms with Crippen molar-refractivity contribution < 1.29 is 9.47 Å². The predicted octanol–water partition coefficient (Wildman–Crippen LogP) is 0.831. The van der Waals surface area contributed by atoms with Crippen LogP contribution >= 0.6 is 0 Å². The molecular formula is C18H32N4O2. The van der Waals surface area contributed by atoms with E-state index in [0.717, 1.165) is 58.5 Å². The van der Waals surface area contributed by atoms with E-state index in [0.29, 0.717) is 23.5 Å². The van der Waals surface area contributed by atoms with Crippen LogP contribution in [0.15, 0.2) is 4.99 Å². The van der Waals surface area contributed by atoms with Gasteiger partial charge in [-0.1, -0.05) is 6.42 Å². The van der Waals surface area contributed by atoms with Crippen LogP contribution in [-0.4, -0.2) is 75.5 Å². The van der Waals surface area contributed by atoms with Crippen molar-refractivity contribution in [3.63, 3.8) is 0 Å². The van der Waals surface area contributed by atoms with Gasteiger partial charge in [0, 0.05) is 50.2 Å². The molecule has 0 aromatic rings. The Labute approximate surface area is 145 Å². The average molecular weight is 336 g/mol. The van der Waals surface area contributed by atoms with Crippen molar-refractivity contribution in [2.75, 3.05) is 52.5 Å². The van der Waals surface area contributed by atoms with Crippen molar-refractivity contribution in [3.05, 3.63) is 0 Å². The number of ether oxygens (including phenoxy) is 2. The third-order valence-corrected chi connectivity index (χ3v) is 6.46. The lowest BCUT2D eigenvalue weighted by molar-refractivity contribution is -0.171. The fraction of sp³-hybridized carbons (Fsp3) is 0.944. The number of hydrogen-bond acceptors (Lipinski definition) is 4. The van der Waals surface area contributed by atoms with Crippen LogP contribution in [0, 0.1) is 11.3 Å². The highest BCUT2D eigenvalue weighted by molar-refractivity contribution is 5.80. The molecule has 24 heavy (non-hydrogen) atoms. The Morgan fingerprint density at radius 1 is 1.25 bits per heavy atom. The number of nitrogens with zero attached hydrogens (tertiary/aromatic N) is 2. The van der Waals surface area contributed by atoms with Crippen molar-refractivity contribution in [2.24, 2.45) is 16.3 Å². The standard InChI is InChI=1S/C18H32N4O2/c1-2-19-17(20-7-8-22-9-12-23-13-10-22)21-15-14-4-11-24-16(14)18(15)5-3-6-18/h14-16H,2-13H2,1H3,(H2,19,20,21). The van der Waals surface area contributed by atoms with E-state index in [4.69, 9.17) is 14.5 Å². The molecule has 4 rings (SSSR count). The Morgan fingerprint density at radius 3 is 2.79 bits per heavy atom. The Hall–Kier alpha value is -0.850. The Balaban J connectivity index is 1.33. The maximum atomic E-state index is 6.02. The Morgan fingerprint density at radius 2 is 2.08 bits per heavy atom. The molecule has 4 fully saturated rings. The van der Waals surface area contributed by atoms with Crippen LogP contribution in [0.4, 0.5) is 0 Å². The van der Waals surface area contributed by atoms with E-state index in [1.807, 2.05) is 0 Å². The number of nitrogens with one attached hydrogen (secondary N) is 2. The highest BCUT2D eigenvalue weighted by Gasteiger charge is 2.66. The maximum Gasteiger partial charge on any atom is 0.191 e. The van der Waals surface area contributed by atoms with Gasteiger partial charge in [-0.05, 0) is 26.2 Å². The summed E-state index contributed by atoms with van der Waals surface area (Å²) in [5.41, 5.74) is 0.404. The third kappa shape index (κ3) is 2.93. The summed E-state index contributed by atoms with van der Waals surface area (Å²) in [5.74, 6) is 1.68. The van der Waals surface area contributed by atoms with Gasteiger partial charge in [0.2, 0.25) is 0 Å². The van der Waals surface area contributed by atoms with Crippen molar-refractivity contribution in [1.82, 2.24) is 15.5 Å². The van der Waals surface area contributed by atoms with Gasteiger partial charge in [-0.15, -0.1) is 0 Å². The lowest BCUT2D eigenvalue weighted by Crippen LogP contribution is -2.72. The summed E-state index contributed by atoms with van der Waals surface area (Å²) in [6.07, 6.45) is 5.71. The molecule has 3 unspecified atom stereocenters. The molecule has 0 radical (unpaired) electrons. The molecular weight excluding hydrogens is 304 g/mol. The van der Waals surface area contributed by atoms with Crippen LogP contribution in [-0.2, 0) is 9.47 Å². The second-order valence-electron chi connectivity index (χ2n) is 7.67. The van der Waals surface area contributed by atoms with Crippen molar-refractivity contribution >= 4 is 5.96 Å². The summed E-state index contributed by atoms with van der Waals surface area (Å²) in [5, 5.41) is 7.21. The molecule has 2 saturated carbocycles. The van der Waals surface area contributed by atoms with Gasteiger partial charge in [-0.3, -0.25) is 9.89 Å². The van der Waals surface area contributed by atoms with E-state index in [1.54, 1.807) is 0 Å². The molecule has 6 heteroatoms. The fourth-order valence-corrected chi connectivity index (χ4v) is 5.05. The molecule has 2 heterocycles. The molecule has 2 N–H and O–H groups in total. The third-order valence-electron chi connectivity index (χ3n) is 6.46. The number of morpholine rings is 1. The SMILES string of the molecule is CCNC(=NCCN1CCOCC1)NC1C2CCOC2C12CCC2. The van der Waals surface area contributed by atoms with E-state index >= 15 is 0 Å². The molecule has 0 aromatic heterocycles. The van der Waals surface area contributed by atoms with Gasteiger partial charge >= 0.3 is 0 Å². The minimum atomic E-state index is 0.404. The van der Waals surface area contributed by atoms with Crippen LogP contribution in [0.3, 0.4) is 0 Å². The van der Waals surface area contributed by atoms with Gasteiger partial charge in [0.15, 0.2) is 5.96 Å². The molecule has 0 bridgehead atoms. The van der Waals surface area contributed by atoms with E-state index in [-0.39, 0.29) is 0 Å². The molecule has 2 saturated heterocycles. The van der Waals surface area contributed by atoms with Crippen molar-refractivity contribution in [3.8, 4) is 0 Å². The van der Waals surface area contributed by atoms with Crippen LogP contribution in [0.25, 0.3) is 0 Å². The number of fused-ring (bicyclic) bond motifs is 2. The summed E-state index contributed by atoms with van der Waals surface area (Å²) in [6, 6.07) is 0.555. The zero-order valence-electron chi connectivity index (χ0n) is 14.9. The molecule has 6 nitrogen and oxygen atoms in total. The van der Waals surface area contributed by atoms with Gasteiger partial charge < -0.3 is 20.1 Å². The largest absolute Gasteiger partial charge is 0.379 e. The molecule has 4 aliphatic rings. The van der Waals surface area contributed by atoms with Gasteiger partial charge in [-0.25, -0.2) is 0 Å². The van der Waals surface area contributed by atoms with Crippen molar-refractivity contribution in [1.29, 1.82) is 0 Å². The van der Waals surface area contributed by atoms with Crippen molar-refractivity contribution in [2.45, 2.75) is 44.8 Å². The first-order chi connectivity index (χ1) is 11.8. The van der Waals surface area contributed by atoms with Gasteiger partial charge in [0.25, 0.3) is 0 Å². The van der Waals surface area contributed by atoms with E-state index in [2.05, 4.69) is 22.5 Å². The second-order valence-corrected chi connectivity index (χ2v) is 7.67. The number of guanidine groups is 1.